The van der Waals surface area contributed by atoms with Crippen LogP contribution < -0.4 is 0 Å². The van der Waals surface area contributed by atoms with E-state index >= 15 is 0 Å². The third-order valence-electron chi connectivity index (χ3n) is 1.96. The number of Topliss-reactive ketones (excluding diaryl/α,β-unsaturated/α-hetero) is 1. The van der Waals surface area contributed by atoms with E-state index < -0.39 is 0 Å². The fraction of sp³-hybridized carbons (Fsp3) is 0.417. The number of hydrogen-bond acceptors (Lipinski definition) is 1. The first kappa shape index (κ1) is 14.8. The molecule has 0 aliphatic heterocycles. The molecule has 0 N–H and O–H groups in total. The summed E-state index contributed by atoms with van der Waals surface area (Å²) in [5, 5.41) is 0.801. The van der Waals surface area contributed by atoms with E-state index in [-0.39, 0.29) is 5.78 Å². The molecule has 0 saturated carbocycles. The van der Waals surface area contributed by atoms with Gasteiger partial charge in [-0.05, 0) is 30.3 Å². The van der Waals surface area contributed by atoms with Gasteiger partial charge in [0.1, 0.15) is 0 Å². The summed E-state index contributed by atoms with van der Waals surface area (Å²) in [7, 11) is 0. The van der Waals surface area contributed by atoms with Crippen LogP contribution in [0.15, 0.2) is 35.5 Å². The molecule has 1 nitrogen and oxygen atoms in total. The van der Waals surface area contributed by atoms with E-state index in [9.17, 15) is 4.79 Å². The molecule has 0 spiro atoms. The molecule has 84 valence electrons. The van der Waals surface area contributed by atoms with Gasteiger partial charge in [-0.1, -0.05) is 57.0 Å². The van der Waals surface area contributed by atoms with E-state index in [1.54, 1.807) is 6.92 Å². The van der Waals surface area contributed by atoms with Gasteiger partial charge in [0.05, 0.1) is 0 Å². The lowest BCUT2D eigenvalue weighted by atomic mass is 10.1. The van der Waals surface area contributed by atoms with Crippen molar-refractivity contribution in [3.63, 3.8) is 0 Å². The van der Waals surface area contributed by atoms with Gasteiger partial charge in [0, 0.05) is 10.9 Å². The van der Waals surface area contributed by atoms with Crippen LogP contribution in [-0.4, -0.2) is 16.9 Å². The number of rotatable bonds is 2. The fourth-order valence-electron chi connectivity index (χ4n) is 1.25. The number of alkyl halides is 2. The van der Waals surface area contributed by atoms with Crippen LogP contribution in [-0.2, 0) is 4.79 Å². The van der Waals surface area contributed by atoms with E-state index in [4.69, 9.17) is 0 Å². The van der Waals surface area contributed by atoms with Gasteiger partial charge in [0.25, 0.3) is 0 Å². The molecule has 15 heavy (non-hydrogen) atoms. The fourth-order valence-corrected chi connectivity index (χ4v) is 1.60. The van der Waals surface area contributed by atoms with Crippen molar-refractivity contribution in [2.75, 3.05) is 11.2 Å². The molecule has 0 aromatic heterocycles. The number of carbonyl (C=O) groups excluding carboxylic acids is 1. The molecule has 1 aliphatic rings. The summed E-state index contributed by atoms with van der Waals surface area (Å²) in [6.07, 6.45) is 8.04. The smallest absolute Gasteiger partial charge is 0.159 e. The standard InChI is InChI=1S/C11H13BrO.CH3Br/c1-8-3-4-11(9(2)13)6-10(5-8)7-12;1-2/h3-6,8H,7H2,1-2H3;1H3. The third-order valence-corrected chi connectivity index (χ3v) is 2.61. The van der Waals surface area contributed by atoms with Crippen LogP contribution in [0.4, 0.5) is 0 Å². The van der Waals surface area contributed by atoms with Crippen LogP contribution in [0.3, 0.4) is 0 Å². The number of hydrogen-bond donors (Lipinski definition) is 0. The highest BCUT2D eigenvalue weighted by molar-refractivity contribution is 9.09. The number of ketones is 1. The lowest BCUT2D eigenvalue weighted by Crippen LogP contribution is -1.93. The summed E-state index contributed by atoms with van der Waals surface area (Å²) in [6.45, 7) is 3.70. The Morgan fingerprint density at radius 2 is 2.07 bits per heavy atom. The Kier molecular flexibility index (Phi) is 7.97. The lowest BCUT2D eigenvalue weighted by molar-refractivity contribution is -0.113. The molecule has 0 fully saturated rings. The summed E-state index contributed by atoms with van der Waals surface area (Å²) < 4.78 is 0. The maximum absolute atomic E-state index is 11.2. The average molecular weight is 336 g/mol. The number of carbonyl (C=O) groups is 1. The maximum Gasteiger partial charge on any atom is 0.159 e. The predicted molar refractivity (Wildman–Crippen MR) is 73.8 cm³/mol. The van der Waals surface area contributed by atoms with Crippen molar-refractivity contribution in [2.24, 2.45) is 5.92 Å². The van der Waals surface area contributed by atoms with Gasteiger partial charge in [-0.25, -0.2) is 0 Å². The third kappa shape index (κ3) is 5.47. The average Bonchev–Trinajstić information content (AvgIpc) is 2.43. The van der Waals surface area contributed by atoms with Crippen LogP contribution in [0.5, 0.6) is 0 Å². The summed E-state index contributed by atoms with van der Waals surface area (Å²) in [5.41, 5.74) is 1.96. The van der Waals surface area contributed by atoms with Gasteiger partial charge in [0.15, 0.2) is 5.78 Å². The van der Waals surface area contributed by atoms with Crippen molar-refractivity contribution in [3.05, 3.63) is 35.5 Å². The minimum absolute atomic E-state index is 0.122. The molecule has 0 heterocycles. The highest BCUT2D eigenvalue weighted by atomic mass is 79.9. The zero-order valence-corrected chi connectivity index (χ0v) is 12.4. The highest BCUT2D eigenvalue weighted by Gasteiger charge is 2.06. The molecule has 0 amide bonds. The largest absolute Gasteiger partial charge is 0.295 e. The van der Waals surface area contributed by atoms with Crippen LogP contribution in [0.2, 0.25) is 0 Å². The van der Waals surface area contributed by atoms with Gasteiger partial charge in [0.2, 0.25) is 0 Å². The van der Waals surface area contributed by atoms with Crippen molar-refractivity contribution in [3.8, 4) is 0 Å². The molecule has 0 bridgehead atoms. The Morgan fingerprint density at radius 3 is 2.53 bits per heavy atom. The van der Waals surface area contributed by atoms with Crippen molar-refractivity contribution in [1.29, 1.82) is 0 Å². The molecular formula is C12H16Br2O. The molecule has 1 rings (SSSR count). The van der Waals surface area contributed by atoms with Gasteiger partial charge in [-0.2, -0.15) is 0 Å². The first-order chi connectivity index (χ1) is 7.13. The van der Waals surface area contributed by atoms with Crippen LogP contribution >= 0.6 is 31.9 Å². The molecular weight excluding hydrogens is 320 g/mol. The maximum atomic E-state index is 11.2. The molecule has 3 heteroatoms. The van der Waals surface area contributed by atoms with Crippen molar-refractivity contribution in [1.82, 2.24) is 0 Å². The van der Waals surface area contributed by atoms with Gasteiger partial charge in [-0.3, -0.25) is 4.79 Å². The second-order valence-corrected chi connectivity index (χ2v) is 3.81. The zero-order valence-electron chi connectivity index (χ0n) is 9.26. The zero-order chi connectivity index (χ0) is 11.8. The van der Waals surface area contributed by atoms with Crippen molar-refractivity contribution in [2.45, 2.75) is 13.8 Å². The monoisotopic (exact) mass is 334 g/mol. The molecule has 0 saturated heterocycles. The van der Waals surface area contributed by atoms with E-state index in [1.165, 1.54) is 5.57 Å². The normalized spacial score (nSPS) is 19.4. The van der Waals surface area contributed by atoms with Gasteiger partial charge >= 0.3 is 0 Å². The number of allylic oxidation sites excluding steroid dienone is 6. The molecule has 0 aromatic carbocycles. The van der Waals surface area contributed by atoms with Crippen molar-refractivity contribution < 1.29 is 4.79 Å². The SMILES string of the molecule is CBr.CC(=O)C1=CC(CBr)=CC(C)C=C1. The highest BCUT2D eigenvalue weighted by Crippen LogP contribution is 2.17. The second kappa shape index (κ2) is 8.05. The topological polar surface area (TPSA) is 17.1 Å². The van der Waals surface area contributed by atoms with E-state index in [0.29, 0.717) is 5.92 Å². The Hall–Kier alpha value is -0.150. The molecule has 1 unspecified atom stereocenters. The lowest BCUT2D eigenvalue weighted by Gasteiger charge is -1.98. The Bertz CT molecular complexity index is 301. The first-order valence-electron chi connectivity index (χ1n) is 4.68. The molecule has 1 atom stereocenters. The summed E-state index contributed by atoms with van der Waals surface area (Å²) in [5.74, 6) is 2.34. The minimum atomic E-state index is 0.122. The molecule has 0 radical (unpaired) electrons. The van der Waals surface area contributed by atoms with E-state index in [1.807, 2.05) is 24.1 Å². The first-order valence-corrected chi connectivity index (χ1v) is 7.39. The van der Waals surface area contributed by atoms with Crippen LogP contribution in [0.1, 0.15) is 13.8 Å². The molecule has 1 aliphatic carbocycles. The summed E-state index contributed by atoms with van der Waals surface area (Å²) in [4.78, 5) is 11.2. The Morgan fingerprint density at radius 1 is 1.47 bits per heavy atom. The second-order valence-electron chi connectivity index (χ2n) is 3.25. The Balaban J connectivity index is 0.000000921. The Labute approximate surface area is 109 Å². The van der Waals surface area contributed by atoms with E-state index in [0.717, 1.165) is 10.9 Å². The van der Waals surface area contributed by atoms with Crippen LogP contribution in [0.25, 0.3) is 0 Å². The van der Waals surface area contributed by atoms with Gasteiger partial charge < -0.3 is 0 Å². The van der Waals surface area contributed by atoms with Crippen LogP contribution in [0, 0.1) is 5.92 Å². The summed E-state index contributed by atoms with van der Waals surface area (Å²) in [6, 6.07) is 0. The van der Waals surface area contributed by atoms with Crippen molar-refractivity contribution >= 4 is 37.6 Å². The predicted octanol–water partition coefficient (Wildman–Crippen LogP) is 4.04. The van der Waals surface area contributed by atoms with Gasteiger partial charge in [-0.15, -0.1) is 0 Å². The number of halogens is 2. The summed E-state index contributed by atoms with van der Waals surface area (Å²) >= 11 is 6.34. The quantitative estimate of drug-likeness (QED) is 0.696. The molecule has 0 aromatic rings. The van der Waals surface area contributed by atoms with E-state index in [2.05, 4.69) is 44.9 Å². The minimum Gasteiger partial charge on any atom is -0.295 e.